The van der Waals surface area contributed by atoms with E-state index in [4.69, 9.17) is 5.11 Å². The number of hydrogen-bond acceptors (Lipinski definition) is 2. The Morgan fingerprint density at radius 1 is 1.24 bits per heavy atom. The Morgan fingerprint density at radius 3 is 2.29 bits per heavy atom. The van der Waals surface area contributed by atoms with Crippen molar-refractivity contribution in [3.63, 3.8) is 0 Å². The van der Waals surface area contributed by atoms with Gasteiger partial charge in [0.05, 0.1) is 12.3 Å². The van der Waals surface area contributed by atoms with E-state index in [-0.39, 0.29) is 30.7 Å². The van der Waals surface area contributed by atoms with Crippen LogP contribution < -0.4 is 0 Å². The van der Waals surface area contributed by atoms with Gasteiger partial charge in [0, 0.05) is 12.6 Å². The van der Waals surface area contributed by atoms with E-state index in [9.17, 15) is 14.0 Å². The third-order valence-electron chi connectivity index (χ3n) is 3.60. The third-order valence-corrected chi connectivity index (χ3v) is 3.60. The number of amides is 1. The summed E-state index contributed by atoms with van der Waals surface area (Å²) >= 11 is 0. The van der Waals surface area contributed by atoms with Crippen LogP contribution in [0.1, 0.15) is 32.8 Å². The average Bonchev–Trinajstić information content (AvgIpc) is 2.45. The maximum Gasteiger partial charge on any atom is 0.308 e. The minimum absolute atomic E-state index is 0.0280. The fraction of sp³-hybridized carbons (Fsp3) is 0.500. The first kappa shape index (κ1) is 17.1. The van der Waals surface area contributed by atoms with Gasteiger partial charge in [-0.05, 0) is 31.0 Å². The van der Waals surface area contributed by atoms with Crippen molar-refractivity contribution in [3.8, 4) is 0 Å². The SMILES string of the molecule is CCC(C)N(CC(C)C(=O)O)C(=O)Cc1ccc(F)cc1. The second-order valence-corrected chi connectivity index (χ2v) is 5.35. The van der Waals surface area contributed by atoms with Gasteiger partial charge in [-0.2, -0.15) is 0 Å². The molecule has 2 atom stereocenters. The molecule has 0 saturated carbocycles. The summed E-state index contributed by atoms with van der Waals surface area (Å²) in [6.45, 7) is 5.62. The minimum atomic E-state index is -0.919. The molecular formula is C16H22FNO3. The van der Waals surface area contributed by atoms with E-state index in [0.717, 1.165) is 12.0 Å². The fourth-order valence-electron chi connectivity index (χ4n) is 2.00. The maximum absolute atomic E-state index is 12.9. The van der Waals surface area contributed by atoms with Crippen LogP contribution in [0.15, 0.2) is 24.3 Å². The average molecular weight is 295 g/mol. The smallest absolute Gasteiger partial charge is 0.308 e. The Balaban J connectivity index is 2.79. The molecule has 0 heterocycles. The van der Waals surface area contributed by atoms with Gasteiger partial charge in [0.1, 0.15) is 5.82 Å². The zero-order valence-corrected chi connectivity index (χ0v) is 12.7. The highest BCUT2D eigenvalue weighted by molar-refractivity contribution is 5.80. The van der Waals surface area contributed by atoms with Crippen molar-refractivity contribution < 1.29 is 19.1 Å². The lowest BCUT2D eigenvalue weighted by molar-refractivity contribution is -0.143. The van der Waals surface area contributed by atoms with Gasteiger partial charge in [0.25, 0.3) is 0 Å². The molecule has 0 aliphatic carbocycles. The van der Waals surface area contributed by atoms with Crippen LogP contribution in [0.5, 0.6) is 0 Å². The Hall–Kier alpha value is -1.91. The lowest BCUT2D eigenvalue weighted by Crippen LogP contribution is -2.43. The summed E-state index contributed by atoms with van der Waals surface area (Å²) in [4.78, 5) is 25.0. The van der Waals surface area contributed by atoms with Crippen molar-refractivity contribution in [2.45, 2.75) is 39.7 Å². The van der Waals surface area contributed by atoms with Crippen LogP contribution in [0.25, 0.3) is 0 Å². The fourth-order valence-corrected chi connectivity index (χ4v) is 2.00. The summed E-state index contributed by atoms with van der Waals surface area (Å²) < 4.78 is 12.9. The summed E-state index contributed by atoms with van der Waals surface area (Å²) in [5, 5.41) is 9.01. The number of rotatable bonds is 7. The van der Waals surface area contributed by atoms with Crippen LogP contribution in [0.3, 0.4) is 0 Å². The molecule has 0 aromatic heterocycles. The first-order chi connectivity index (χ1) is 9.85. The van der Waals surface area contributed by atoms with E-state index in [2.05, 4.69) is 0 Å². The summed E-state index contributed by atoms with van der Waals surface area (Å²) in [5.74, 6) is -2.01. The predicted molar refractivity (Wildman–Crippen MR) is 78.4 cm³/mol. The van der Waals surface area contributed by atoms with E-state index in [0.29, 0.717) is 0 Å². The zero-order valence-electron chi connectivity index (χ0n) is 12.7. The topological polar surface area (TPSA) is 57.6 Å². The molecule has 2 unspecified atom stereocenters. The number of carbonyl (C=O) groups is 2. The van der Waals surface area contributed by atoms with Crippen LogP contribution in [0.2, 0.25) is 0 Å². The molecule has 1 aromatic rings. The Labute approximate surface area is 124 Å². The second kappa shape index (κ2) is 7.76. The van der Waals surface area contributed by atoms with E-state index < -0.39 is 11.9 Å². The van der Waals surface area contributed by atoms with E-state index in [1.54, 1.807) is 24.0 Å². The monoisotopic (exact) mass is 295 g/mol. The Morgan fingerprint density at radius 2 is 1.81 bits per heavy atom. The van der Waals surface area contributed by atoms with Crippen molar-refractivity contribution in [2.24, 2.45) is 5.92 Å². The molecule has 0 aliphatic rings. The number of hydrogen-bond donors (Lipinski definition) is 1. The normalized spacial score (nSPS) is 13.5. The van der Waals surface area contributed by atoms with Crippen LogP contribution in [0, 0.1) is 11.7 Å². The molecule has 21 heavy (non-hydrogen) atoms. The van der Waals surface area contributed by atoms with Gasteiger partial charge < -0.3 is 10.0 Å². The summed E-state index contributed by atoms with van der Waals surface area (Å²) in [6, 6.07) is 5.75. The molecule has 116 valence electrons. The maximum atomic E-state index is 12.9. The zero-order chi connectivity index (χ0) is 16.0. The highest BCUT2D eigenvalue weighted by Gasteiger charge is 2.24. The van der Waals surface area contributed by atoms with Crippen LogP contribution in [-0.2, 0) is 16.0 Å². The molecule has 0 fully saturated rings. The van der Waals surface area contributed by atoms with Crippen LogP contribution in [-0.4, -0.2) is 34.5 Å². The first-order valence-electron chi connectivity index (χ1n) is 7.11. The Kier molecular flexibility index (Phi) is 6.34. The highest BCUT2D eigenvalue weighted by Crippen LogP contribution is 2.12. The lowest BCUT2D eigenvalue weighted by Gasteiger charge is -2.30. The number of halogens is 1. The molecule has 1 N–H and O–H groups in total. The quantitative estimate of drug-likeness (QED) is 0.841. The van der Waals surface area contributed by atoms with Crippen molar-refractivity contribution in [1.29, 1.82) is 0 Å². The van der Waals surface area contributed by atoms with E-state index in [1.165, 1.54) is 12.1 Å². The molecule has 0 spiro atoms. The number of carboxylic acids is 1. The molecule has 0 saturated heterocycles. The number of carbonyl (C=O) groups excluding carboxylic acids is 1. The molecule has 5 heteroatoms. The number of aliphatic carboxylic acids is 1. The molecule has 0 bridgehead atoms. The second-order valence-electron chi connectivity index (χ2n) is 5.35. The number of carboxylic acid groups (broad SMARTS) is 1. The van der Waals surface area contributed by atoms with Gasteiger partial charge in [0.2, 0.25) is 5.91 Å². The van der Waals surface area contributed by atoms with Gasteiger partial charge >= 0.3 is 5.97 Å². The molecule has 4 nitrogen and oxygen atoms in total. The highest BCUT2D eigenvalue weighted by atomic mass is 19.1. The van der Waals surface area contributed by atoms with Crippen molar-refractivity contribution in [2.75, 3.05) is 6.54 Å². The summed E-state index contributed by atoms with van der Waals surface area (Å²) in [6.07, 6.45) is 0.901. The predicted octanol–water partition coefficient (Wildman–Crippen LogP) is 2.72. The third kappa shape index (κ3) is 5.17. The molecule has 1 aromatic carbocycles. The van der Waals surface area contributed by atoms with Gasteiger partial charge in [-0.25, -0.2) is 4.39 Å². The van der Waals surface area contributed by atoms with Crippen molar-refractivity contribution in [1.82, 2.24) is 4.90 Å². The van der Waals surface area contributed by atoms with Gasteiger partial charge in [-0.1, -0.05) is 26.0 Å². The summed E-state index contributed by atoms with van der Waals surface area (Å²) in [7, 11) is 0. The Bertz CT molecular complexity index is 487. The standard InChI is InChI=1S/C16H22FNO3/c1-4-12(3)18(10-11(2)16(20)21)15(19)9-13-5-7-14(17)8-6-13/h5-8,11-12H,4,9-10H2,1-3H3,(H,20,21). The lowest BCUT2D eigenvalue weighted by atomic mass is 10.1. The number of benzene rings is 1. The molecular weight excluding hydrogens is 273 g/mol. The van der Waals surface area contributed by atoms with Crippen LogP contribution >= 0.6 is 0 Å². The van der Waals surface area contributed by atoms with E-state index >= 15 is 0 Å². The van der Waals surface area contributed by atoms with Crippen molar-refractivity contribution >= 4 is 11.9 Å². The van der Waals surface area contributed by atoms with Gasteiger partial charge in [-0.15, -0.1) is 0 Å². The first-order valence-corrected chi connectivity index (χ1v) is 7.11. The molecule has 1 amide bonds. The van der Waals surface area contributed by atoms with Crippen LogP contribution in [0.4, 0.5) is 4.39 Å². The minimum Gasteiger partial charge on any atom is -0.481 e. The summed E-state index contributed by atoms with van der Waals surface area (Å²) in [5.41, 5.74) is 0.720. The van der Waals surface area contributed by atoms with Gasteiger partial charge in [-0.3, -0.25) is 9.59 Å². The molecule has 1 rings (SSSR count). The molecule has 0 radical (unpaired) electrons. The largest absolute Gasteiger partial charge is 0.481 e. The molecule has 0 aliphatic heterocycles. The van der Waals surface area contributed by atoms with Crippen molar-refractivity contribution in [3.05, 3.63) is 35.6 Å². The van der Waals surface area contributed by atoms with Gasteiger partial charge in [0.15, 0.2) is 0 Å². The van der Waals surface area contributed by atoms with E-state index in [1.807, 2.05) is 13.8 Å². The number of nitrogens with zero attached hydrogens (tertiary/aromatic N) is 1.